The summed E-state index contributed by atoms with van der Waals surface area (Å²) >= 11 is 0. The van der Waals surface area contributed by atoms with Crippen molar-refractivity contribution in [2.75, 3.05) is 0 Å². The van der Waals surface area contributed by atoms with E-state index in [-0.39, 0.29) is 0 Å². The van der Waals surface area contributed by atoms with E-state index in [1.54, 1.807) is 0 Å². The molecule has 0 unspecified atom stereocenters. The van der Waals surface area contributed by atoms with Crippen LogP contribution in [-0.2, 0) is 0 Å². The second-order valence-electron chi connectivity index (χ2n) is 1.92. The lowest BCUT2D eigenvalue weighted by molar-refractivity contribution is 0.693. The molecule has 0 aliphatic carbocycles. The highest BCUT2D eigenvalue weighted by Gasteiger charge is 1.92. The van der Waals surface area contributed by atoms with Gasteiger partial charge in [0.15, 0.2) is 0 Å². The van der Waals surface area contributed by atoms with Gasteiger partial charge in [0.1, 0.15) is 0 Å². The largest absolute Gasteiger partial charge is 0.106 e. The average molecular weight is 168 g/mol. The molecule has 0 heteroatoms. The number of hydrogen-bond acceptors (Lipinski definition) is 0. The first-order chi connectivity index (χ1) is 5.85. The van der Waals surface area contributed by atoms with Crippen LogP contribution in [0.25, 0.3) is 0 Å². The Labute approximate surface area is 78.7 Å². The highest BCUT2D eigenvalue weighted by Crippen LogP contribution is 2.06. The van der Waals surface area contributed by atoms with Crippen LogP contribution in [0.3, 0.4) is 0 Å². The molecule has 0 nitrogen and oxygen atoms in total. The minimum absolute atomic E-state index is 0.528. The summed E-state index contributed by atoms with van der Waals surface area (Å²) in [7, 11) is 0. The SMILES string of the molecule is C=C.C=CC(C=C)CCC.CC. The first-order valence-corrected chi connectivity index (χ1v) is 4.60. The summed E-state index contributed by atoms with van der Waals surface area (Å²) in [6, 6.07) is 0. The first-order valence-electron chi connectivity index (χ1n) is 4.60. The highest BCUT2D eigenvalue weighted by molar-refractivity contribution is 4.91. The molecule has 12 heavy (non-hydrogen) atoms. The van der Waals surface area contributed by atoms with Crippen molar-refractivity contribution in [2.24, 2.45) is 5.92 Å². The van der Waals surface area contributed by atoms with Crippen LogP contribution >= 0.6 is 0 Å². The topological polar surface area (TPSA) is 0 Å². The fourth-order valence-electron chi connectivity index (χ4n) is 0.665. The Bertz CT molecular complexity index is 74.0. The van der Waals surface area contributed by atoms with Crippen molar-refractivity contribution in [2.45, 2.75) is 33.6 Å². The normalized spacial score (nSPS) is 7.00. The van der Waals surface area contributed by atoms with Crippen LogP contribution in [0.5, 0.6) is 0 Å². The first kappa shape index (κ1) is 17.3. The van der Waals surface area contributed by atoms with Crippen LogP contribution in [0.15, 0.2) is 38.5 Å². The molecule has 0 aromatic rings. The molecule has 0 spiro atoms. The Balaban J connectivity index is -0.000000175. The smallest absolute Gasteiger partial charge is 0.00590 e. The van der Waals surface area contributed by atoms with Crippen LogP contribution < -0.4 is 0 Å². The van der Waals surface area contributed by atoms with Gasteiger partial charge < -0.3 is 0 Å². The molecule has 0 aromatic carbocycles. The molecule has 0 N–H and O–H groups in total. The third-order valence-electron chi connectivity index (χ3n) is 1.23. The van der Waals surface area contributed by atoms with Gasteiger partial charge in [-0.25, -0.2) is 0 Å². The molecule has 0 fully saturated rings. The molecule has 0 radical (unpaired) electrons. The van der Waals surface area contributed by atoms with E-state index in [2.05, 4.69) is 33.2 Å². The van der Waals surface area contributed by atoms with Crippen molar-refractivity contribution in [3.63, 3.8) is 0 Å². The molecule has 0 saturated heterocycles. The van der Waals surface area contributed by atoms with Gasteiger partial charge in [0.25, 0.3) is 0 Å². The fraction of sp³-hybridized carbons (Fsp3) is 0.500. The van der Waals surface area contributed by atoms with Crippen molar-refractivity contribution in [3.05, 3.63) is 38.5 Å². The summed E-state index contributed by atoms with van der Waals surface area (Å²) in [5.74, 6) is 0.528. The maximum atomic E-state index is 3.68. The van der Waals surface area contributed by atoms with Crippen LogP contribution in [0.1, 0.15) is 33.6 Å². The van der Waals surface area contributed by atoms with Crippen molar-refractivity contribution >= 4 is 0 Å². The van der Waals surface area contributed by atoms with Gasteiger partial charge in [0.05, 0.1) is 0 Å². The highest BCUT2D eigenvalue weighted by atomic mass is 14.0. The van der Waals surface area contributed by atoms with Gasteiger partial charge in [-0.3, -0.25) is 0 Å². The molecule has 0 bridgehead atoms. The van der Waals surface area contributed by atoms with Gasteiger partial charge in [-0.2, -0.15) is 0 Å². The van der Waals surface area contributed by atoms with E-state index in [0.717, 1.165) is 0 Å². The second-order valence-corrected chi connectivity index (χ2v) is 1.92. The van der Waals surface area contributed by atoms with Crippen molar-refractivity contribution < 1.29 is 0 Å². The molecular formula is C12H24. The van der Waals surface area contributed by atoms with Gasteiger partial charge in [0.2, 0.25) is 0 Å². The Morgan fingerprint density at radius 2 is 1.42 bits per heavy atom. The Kier molecular flexibility index (Phi) is 32.5. The van der Waals surface area contributed by atoms with E-state index < -0.39 is 0 Å². The molecule has 0 aliphatic rings. The van der Waals surface area contributed by atoms with E-state index in [4.69, 9.17) is 0 Å². The quantitative estimate of drug-likeness (QED) is 0.538. The summed E-state index contributed by atoms with van der Waals surface area (Å²) in [6.07, 6.45) is 6.28. The van der Waals surface area contributed by atoms with Gasteiger partial charge in [-0.1, -0.05) is 39.3 Å². The van der Waals surface area contributed by atoms with Gasteiger partial charge in [0, 0.05) is 0 Å². The van der Waals surface area contributed by atoms with Crippen molar-refractivity contribution in [1.82, 2.24) is 0 Å². The maximum Gasteiger partial charge on any atom is -0.00590 e. The molecule has 0 saturated carbocycles. The lowest BCUT2D eigenvalue weighted by atomic mass is 10.1. The van der Waals surface area contributed by atoms with Gasteiger partial charge in [-0.05, 0) is 12.3 Å². The molecular weight excluding hydrogens is 144 g/mol. The Hall–Kier alpha value is -0.780. The maximum absolute atomic E-state index is 3.68. The molecule has 0 aliphatic heterocycles. The number of hydrogen-bond donors (Lipinski definition) is 0. The zero-order valence-electron chi connectivity index (χ0n) is 8.97. The summed E-state index contributed by atoms with van der Waals surface area (Å²) < 4.78 is 0. The predicted molar refractivity (Wildman–Crippen MR) is 61.4 cm³/mol. The minimum Gasteiger partial charge on any atom is -0.106 e. The molecule has 0 heterocycles. The van der Waals surface area contributed by atoms with Crippen LogP contribution in [-0.4, -0.2) is 0 Å². The summed E-state index contributed by atoms with van der Waals surface area (Å²) in [5, 5.41) is 0. The third-order valence-corrected chi connectivity index (χ3v) is 1.23. The van der Waals surface area contributed by atoms with E-state index in [1.165, 1.54) is 12.8 Å². The summed E-state index contributed by atoms with van der Waals surface area (Å²) in [5.41, 5.74) is 0. The van der Waals surface area contributed by atoms with E-state index in [0.29, 0.717) is 5.92 Å². The lowest BCUT2D eigenvalue weighted by Crippen LogP contribution is -1.87. The Morgan fingerprint density at radius 3 is 1.50 bits per heavy atom. The van der Waals surface area contributed by atoms with E-state index in [1.807, 2.05) is 26.0 Å². The van der Waals surface area contributed by atoms with Gasteiger partial charge in [-0.15, -0.1) is 26.3 Å². The van der Waals surface area contributed by atoms with Gasteiger partial charge >= 0.3 is 0 Å². The zero-order chi connectivity index (χ0) is 10.4. The molecule has 72 valence electrons. The predicted octanol–water partition coefficient (Wildman–Crippen LogP) is 4.60. The average Bonchev–Trinajstić information content (AvgIpc) is 2.20. The van der Waals surface area contributed by atoms with E-state index in [9.17, 15) is 0 Å². The standard InChI is InChI=1S/C8H14.C2H6.C2H4/c1-4-7-8(5-2)6-3;2*1-2/h5-6,8H,2-4,7H2,1H3;1-2H3;1-2H2. The summed E-state index contributed by atoms with van der Waals surface area (Å²) in [6.45, 7) is 19.5. The minimum atomic E-state index is 0.528. The molecule has 0 amide bonds. The summed E-state index contributed by atoms with van der Waals surface area (Å²) in [4.78, 5) is 0. The van der Waals surface area contributed by atoms with Crippen molar-refractivity contribution in [3.8, 4) is 0 Å². The molecule has 0 aromatic heterocycles. The zero-order valence-corrected chi connectivity index (χ0v) is 8.97. The van der Waals surface area contributed by atoms with Crippen LogP contribution in [0.2, 0.25) is 0 Å². The fourth-order valence-corrected chi connectivity index (χ4v) is 0.665. The van der Waals surface area contributed by atoms with Crippen molar-refractivity contribution in [1.29, 1.82) is 0 Å². The lowest BCUT2D eigenvalue weighted by Gasteiger charge is -2.00. The monoisotopic (exact) mass is 168 g/mol. The molecule has 0 rings (SSSR count). The van der Waals surface area contributed by atoms with Crippen LogP contribution in [0.4, 0.5) is 0 Å². The number of rotatable bonds is 4. The second kappa shape index (κ2) is 22.5. The Morgan fingerprint density at radius 1 is 1.08 bits per heavy atom. The third kappa shape index (κ3) is 16.1. The van der Waals surface area contributed by atoms with Crippen LogP contribution in [0, 0.1) is 5.92 Å². The molecule has 0 atom stereocenters. The number of allylic oxidation sites excluding steroid dienone is 2. The van der Waals surface area contributed by atoms with E-state index >= 15 is 0 Å².